The smallest absolute Gasteiger partial charge is 0.267 e. The summed E-state index contributed by atoms with van der Waals surface area (Å²) in [6.07, 6.45) is 3.64. The van der Waals surface area contributed by atoms with Crippen molar-refractivity contribution < 1.29 is 4.79 Å². The van der Waals surface area contributed by atoms with Gasteiger partial charge in [0.15, 0.2) is 5.16 Å². The van der Waals surface area contributed by atoms with Crippen molar-refractivity contribution in [3.05, 3.63) is 58.4 Å². The molecule has 1 amide bonds. The van der Waals surface area contributed by atoms with Gasteiger partial charge in [-0.3, -0.25) is 14.2 Å². The fourth-order valence-electron chi connectivity index (χ4n) is 3.43. The van der Waals surface area contributed by atoms with E-state index in [1.165, 1.54) is 16.0 Å². The van der Waals surface area contributed by atoms with E-state index in [2.05, 4.69) is 11.9 Å². The van der Waals surface area contributed by atoms with Crippen LogP contribution in [0.2, 0.25) is 0 Å². The summed E-state index contributed by atoms with van der Waals surface area (Å²) >= 11 is 4.72. The summed E-state index contributed by atoms with van der Waals surface area (Å²) in [5.74, 6) is 0.972. The molecule has 156 valence electrons. The molecule has 1 N–H and O–H groups in total. The zero-order valence-electron chi connectivity index (χ0n) is 16.9. The van der Waals surface area contributed by atoms with Gasteiger partial charge in [0.05, 0.1) is 20.5 Å². The van der Waals surface area contributed by atoms with Crippen LogP contribution in [0.5, 0.6) is 0 Å². The van der Waals surface area contributed by atoms with Gasteiger partial charge in [0, 0.05) is 6.54 Å². The minimum absolute atomic E-state index is 0.0493. The molecule has 3 aromatic rings. The number of benzene rings is 1. The fraction of sp³-hybridized carbons (Fsp3) is 0.318. The lowest BCUT2D eigenvalue weighted by Crippen LogP contribution is -2.32. The number of carbonyl (C=O) groups is 1. The molecular weight excluding hydrogens is 434 g/mol. The molecule has 2 aromatic heterocycles. The van der Waals surface area contributed by atoms with Gasteiger partial charge in [-0.15, -0.1) is 29.7 Å². The predicted molar refractivity (Wildman–Crippen MR) is 128 cm³/mol. The van der Waals surface area contributed by atoms with Crippen LogP contribution >= 0.6 is 34.9 Å². The van der Waals surface area contributed by atoms with Crippen LogP contribution in [0.3, 0.4) is 0 Å². The molecule has 0 saturated heterocycles. The van der Waals surface area contributed by atoms with Crippen molar-refractivity contribution in [2.75, 3.05) is 12.3 Å². The lowest BCUT2D eigenvalue weighted by atomic mass is 10.1. The molecule has 0 saturated carbocycles. The summed E-state index contributed by atoms with van der Waals surface area (Å²) < 4.78 is 2.87. The molecule has 0 unspecified atom stereocenters. The fourth-order valence-corrected chi connectivity index (χ4v) is 6.95. The Hall–Kier alpha value is -2.03. The maximum atomic E-state index is 13.7. The van der Waals surface area contributed by atoms with Gasteiger partial charge in [0.2, 0.25) is 5.91 Å². The minimum Gasteiger partial charge on any atom is -0.352 e. The van der Waals surface area contributed by atoms with Gasteiger partial charge in [0.25, 0.3) is 5.56 Å². The number of nitrogens with zero attached hydrogens (tertiary/aromatic N) is 2. The second kappa shape index (κ2) is 8.99. The number of amides is 1. The van der Waals surface area contributed by atoms with E-state index in [4.69, 9.17) is 4.98 Å². The van der Waals surface area contributed by atoms with Crippen LogP contribution in [0, 0.1) is 6.92 Å². The first-order valence-electron chi connectivity index (χ1n) is 9.83. The second-order valence-electron chi connectivity index (χ2n) is 7.17. The monoisotopic (exact) mass is 457 g/mol. The molecule has 0 bridgehead atoms. The van der Waals surface area contributed by atoms with Crippen LogP contribution in [-0.2, 0) is 11.2 Å². The van der Waals surface area contributed by atoms with Crippen LogP contribution in [0.4, 0.5) is 0 Å². The molecular formula is C22H23N3O2S3. The zero-order valence-corrected chi connectivity index (χ0v) is 19.4. The average molecular weight is 458 g/mol. The van der Waals surface area contributed by atoms with E-state index in [0.717, 1.165) is 45.6 Å². The Kier molecular flexibility index (Phi) is 6.36. The van der Waals surface area contributed by atoms with Crippen molar-refractivity contribution in [1.82, 2.24) is 14.9 Å². The topological polar surface area (TPSA) is 64.0 Å². The van der Waals surface area contributed by atoms with Crippen LogP contribution in [-0.4, -0.2) is 33.0 Å². The average Bonchev–Trinajstić information content (AvgIpc) is 3.10. The highest BCUT2D eigenvalue weighted by Crippen LogP contribution is 2.41. The number of fused-ring (bicyclic) bond motifs is 3. The molecule has 3 heterocycles. The highest BCUT2D eigenvalue weighted by Gasteiger charge is 2.25. The van der Waals surface area contributed by atoms with E-state index in [1.807, 2.05) is 49.9 Å². The third kappa shape index (κ3) is 4.08. The Balaban J connectivity index is 1.87. The van der Waals surface area contributed by atoms with Gasteiger partial charge in [-0.1, -0.05) is 30.0 Å². The normalized spacial score (nSPS) is 14.3. The maximum Gasteiger partial charge on any atom is 0.267 e. The molecule has 1 aliphatic rings. The van der Waals surface area contributed by atoms with E-state index in [9.17, 15) is 9.59 Å². The summed E-state index contributed by atoms with van der Waals surface area (Å²) in [5.41, 5.74) is 2.93. The van der Waals surface area contributed by atoms with E-state index in [0.29, 0.717) is 11.7 Å². The van der Waals surface area contributed by atoms with Gasteiger partial charge < -0.3 is 5.32 Å². The number of thioether (sulfide) groups is 2. The van der Waals surface area contributed by atoms with Crippen molar-refractivity contribution in [2.24, 2.45) is 0 Å². The van der Waals surface area contributed by atoms with Crippen molar-refractivity contribution >= 4 is 51.0 Å². The molecule has 0 fully saturated rings. The molecule has 5 nitrogen and oxygen atoms in total. The van der Waals surface area contributed by atoms with E-state index in [-0.39, 0.29) is 11.5 Å². The molecule has 30 heavy (non-hydrogen) atoms. The van der Waals surface area contributed by atoms with Crippen molar-refractivity contribution in [2.45, 2.75) is 41.3 Å². The number of hydrogen-bond acceptors (Lipinski definition) is 6. The predicted octanol–water partition coefficient (Wildman–Crippen LogP) is 4.58. The Bertz CT molecular complexity index is 1180. The van der Waals surface area contributed by atoms with Crippen LogP contribution in [0.1, 0.15) is 24.5 Å². The first kappa shape index (κ1) is 21.2. The molecule has 0 aliphatic carbocycles. The second-order valence-corrected chi connectivity index (χ2v) is 10.8. The molecule has 1 aliphatic heterocycles. The quantitative estimate of drug-likeness (QED) is 0.334. The molecule has 0 spiro atoms. The lowest BCUT2D eigenvalue weighted by Gasteiger charge is -2.16. The molecule has 1 atom stereocenters. The van der Waals surface area contributed by atoms with Gasteiger partial charge >= 0.3 is 0 Å². The van der Waals surface area contributed by atoms with Gasteiger partial charge in [-0.25, -0.2) is 4.98 Å². The van der Waals surface area contributed by atoms with Gasteiger partial charge in [-0.2, -0.15) is 0 Å². The number of rotatable bonds is 6. The largest absolute Gasteiger partial charge is 0.352 e. The van der Waals surface area contributed by atoms with Crippen molar-refractivity contribution in [3.63, 3.8) is 0 Å². The number of nitrogens with one attached hydrogen (secondary N) is 1. The Labute approximate surface area is 188 Å². The van der Waals surface area contributed by atoms with Crippen molar-refractivity contribution in [1.29, 1.82) is 0 Å². The van der Waals surface area contributed by atoms with E-state index >= 15 is 0 Å². The summed E-state index contributed by atoms with van der Waals surface area (Å²) in [7, 11) is 0. The summed E-state index contributed by atoms with van der Waals surface area (Å²) in [6, 6.07) is 7.84. The van der Waals surface area contributed by atoms with Crippen LogP contribution in [0.15, 0.2) is 51.1 Å². The molecule has 0 radical (unpaired) electrons. The third-order valence-corrected chi connectivity index (χ3v) is 8.47. The minimum atomic E-state index is -0.394. The highest BCUT2D eigenvalue weighted by atomic mass is 32.2. The first-order valence-corrected chi connectivity index (χ1v) is 12.5. The molecule has 8 heteroatoms. The molecule has 4 rings (SSSR count). The number of carbonyl (C=O) groups excluding carboxylic acids is 1. The third-order valence-electron chi connectivity index (χ3n) is 4.89. The molecule has 1 aromatic carbocycles. The summed E-state index contributed by atoms with van der Waals surface area (Å²) in [4.78, 5) is 31.8. The standard InChI is InChI=1S/C22H23N3O2S3/c1-4-10-23-18(26)14(3)29-22-24-19-17(16-9-6-11-28-21(16)30-19)20(27)25(22)15-8-5-7-13(2)12-15/h4-5,7-8,12,14H,1,6,9-11H2,2-3H3,(H,23,26)/t14-/m1/s1. The lowest BCUT2D eigenvalue weighted by molar-refractivity contribution is -0.120. The van der Waals surface area contributed by atoms with Gasteiger partial charge in [-0.05, 0) is 55.7 Å². The SMILES string of the molecule is C=CCNC(=O)[C@@H](C)Sc1nc2sc3c(c2c(=O)n1-c1cccc(C)c1)CCCS3. The van der Waals surface area contributed by atoms with Crippen LogP contribution in [0.25, 0.3) is 15.9 Å². The number of thiophene rings is 1. The highest BCUT2D eigenvalue weighted by molar-refractivity contribution is 8.01. The maximum absolute atomic E-state index is 13.7. The Morgan fingerprint density at radius 3 is 3.07 bits per heavy atom. The van der Waals surface area contributed by atoms with E-state index in [1.54, 1.807) is 22.0 Å². The first-order chi connectivity index (χ1) is 14.5. The Morgan fingerprint density at radius 2 is 2.30 bits per heavy atom. The summed E-state index contributed by atoms with van der Waals surface area (Å²) in [5, 5.41) is 3.70. The van der Waals surface area contributed by atoms with Gasteiger partial charge in [0.1, 0.15) is 4.83 Å². The Morgan fingerprint density at radius 1 is 1.47 bits per heavy atom. The van der Waals surface area contributed by atoms with Crippen molar-refractivity contribution in [3.8, 4) is 5.69 Å². The summed E-state index contributed by atoms with van der Waals surface area (Å²) in [6.45, 7) is 7.88. The number of aromatic nitrogens is 2. The zero-order chi connectivity index (χ0) is 21.3. The van der Waals surface area contributed by atoms with Crippen LogP contribution < -0.4 is 10.9 Å². The number of hydrogen-bond donors (Lipinski definition) is 1. The number of aryl methyl sites for hydroxylation is 2. The van der Waals surface area contributed by atoms with E-state index < -0.39 is 5.25 Å².